The van der Waals surface area contributed by atoms with Crippen molar-refractivity contribution in [3.05, 3.63) is 48.8 Å². The van der Waals surface area contributed by atoms with Crippen LogP contribution in [0, 0.1) is 0 Å². The van der Waals surface area contributed by atoms with Crippen molar-refractivity contribution < 1.29 is 13.2 Å². The summed E-state index contributed by atoms with van der Waals surface area (Å²) < 4.78 is 32.6. The molecule has 1 aromatic heterocycles. The number of aromatic nitrogens is 1. The molecule has 1 aliphatic rings. The topological polar surface area (TPSA) is 59.5 Å². The zero-order chi connectivity index (χ0) is 14.2. The van der Waals surface area contributed by atoms with Gasteiger partial charge in [0.1, 0.15) is 17.3 Å². The Morgan fingerprint density at radius 2 is 2.05 bits per heavy atom. The van der Waals surface area contributed by atoms with Crippen LogP contribution in [-0.4, -0.2) is 26.1 Å². The van der Waals surface area contributed by atoms with Crippen LogP contribution in [0.25, 0.3) is 0 Å². The zero-order valence-corrected chi connectivity index (χ0v) is 11.7. The molecule has 0 radical (unpaired) electrons. The molecule has 104 valence electrons. The Labute approximate surface area is 117 Å². The molecular weight excluding hydrogens is 276 g/mol. The molecule has 3 rings (SSSR count). The maximum absolute atomic E-state index is 12.8. The average molecular weight is 290 g/mol. The predicted octanol–water partition coefficient (Wildman–Crippen LogP) is 2.06. The lowest BCUT2D eigenvalue weighted by Crippen LogP contribution is -2.44. The summed E-state index contributed by atoms with van der Waals surface area (Å²) in [5.41, 5.74) is 0.565. The van der Waals surface area contributed by atoms with Crippen molar-refractivity contribution in [2.45, 2.75) is 17.9 Å². The van der Waals surface area contributed by atoms with Gasteiger partial charge >= 0.3 is 0 Å². The standard InChI is InChI=1S/C14H14N2O3S/c1-11-10-19-14-7-3-2-6-13(14)16(11)20(17,18)12-5-4-8-15-9-12/h2-9,11H,10H2,1H3. The number of sulfonamides is 1. The van der Waals surface area contributed by atoms with Crippen LogP contribution in [0.3, 0.4) is 0 Å². The lowest BCUT2D eigenvalue weighted by molar-refractivity contribution is 0.281. The fourth-order valence-electron chi connectivity index (χ4n) is 2.26. The minimum atomic E-state index is -3.63. The molecule has 0 fully saturated rings. The summed E-state index contributed by atoms with van der Waals surface area (Å²) >= 11 is 0. The molecule has 0 amide bonds. The average Bonchev–Trinajstić information content (AvgIpc) is 2.47. The fourth-order valence-corrected chi connectivity index (χ4v) is 3.87. The smallest absolute Gasteiger partial charge is 0.266 e. The molecule has 6 heteroatoms. The summed E-state index contributed by atoms with van der Waals surface area (Å²) in [7, 11) is -3.63. The van der Waals surface area contributed by atoms with Gasteiger partial charge < -0.3 is 4.74 Å². The number of benzene rings is 1. The van der Waals surface area contributed by atoms with Gasteiger partial charge in [0.2, 0.25) is 0 Å². The van der Waals surface area contributed by atoms with Crippen LogP contribution >= 0.6 is 0 Å². The number of nitrogens with zero attached hydrogens (tertiary/aromatic N) is 2. The van der Waals surface area contributed by atoms with Crippen LogP contribution in [0.1, 0.15) is 6.92 Å². The number of anilines is 1. The van der Waals surface area contributed by atoms with E-state index >= 15 is 0 Å². The van der Waals surface area contributed by atoms with Crippen molar-refractivity contribution in [2.75, 3.05) is 10.9 Å². The summed E-state index contributed by atoms with van der Waals surface area (Å²) in [6.45, 7) is 2.15. The number of para-hydroxylation sites is 2. The third kappa shape index (κ3) is 2.02. The first-order chi connectivity index (χ1) is 9.60. The Kier molecular flexibility index (Phi) is 3.10. The van der Waals surface area contributed by atoms with Gasteiger partial charge in [-0.2, -0.15) is 0 Å². The molecule has 0 saturated carbocycles. The molecule has 20 heavy (non-hydrogen) atoms. The molecule has 2 heterocycles. The fraction of sp³-hybridized carbons (Fsp3) is 0.214. The second-order valence-corrected chi connectivity index (χ2v) is 6.43. The maximum Gasteiger partial charge on any atom is 0.266 e. The van der Waals surface area contributed by atoms with Crippen LogP contribution in [0.2, 0.25) is 0 Å². The summed E-state index contributed by atoms with van der Waals surface area (Å²) in [5, 5.41) is 0. The van der Waals surface area contributed by atoms with Crippen molar-refractivity contribution in [2.24, 2.45) is 0 Å². The molecule has 1 unspecified atom stereocenters. The van der Waals surface area contributed by atoms with E-state index in [-0.39, 0.29) is 10.9 Å². The molecular formula is C14H14N2O3S. The number of ether oxygens (including phenoxy) is 1. The summed E-state index contributed by atoms with van der Waals surface area (Å²) in [4.78, 5) is 4.07. The van der Waals surface area contributed by atoms with Crippen molar-refractivity contribution in [1.29, 1.82) is 0 Å². The lowest BCUT2D eigenvalue weighted by atomic mass is 10.2. The van der Waals surface area contributed by atoms with Gasteiger partial charge in [0.05, 0.1) is 11.7 Å². The maximum atomic E-state index is 12.8. The van der Waals surface area contributed by atoms with E-state index in [0.717, 1.165) is 0 Å². The third-order valence-electron chi connectivity index (χ3n) is 3.17. The van der Waals surface area contributed by atoms with Crippen LogP contribution in [0.4, 0.5) is 5.69 Å². The number of hydrogen-bond donors (Lipinski definition) is 0. The van der Waals surface area contributed by atoms with E-state index in [1.54, 1.807) is 36.5 Å². The number of fused-ring (bicyclic) bond motifs is 1. The van der Waals surface area contributed by atoms with Crippen molar-refractivity contribution in [3.8, 4) is 5.75 Å². The van der Waals surface area contributed by atoms with E-state index in [9.17, 15) is 8.42 Å². The van der Waals surface area contributed by atoms with Crippen molar-refractivity contribution in [3.63, 3.8) is 0 Å². The van der Waals surface area contributed by atoms with Crippen LogP contribution in [0.5, 0.6) is 5.75 Å². The SMILES string of the molecule is CC1COc2ccccc2N1S(=O)(=O)c1cccnc1. The van der Waals surface area contributed by atoms with Gasteiger partial charge in [0, 0.05) is 12.4 Å². The zero-order valence-electron chi connectivity index (χ0n) is 10.9. The van der Waals surface area contributed by atoms with Gasteiger partial charge in [-0.25, -0.2) is 8.42 Å². The van der Waals surface area contributed by atoms with Crippen LogP contribution < -0.4 is 9.04 Å². The summed E-state index contributed by atoms with van der Waals surface area (Å²) in [6.07, 6.45) is 2.91. The molecule has 1 aliphatic heterocycles. The first kappa shape index (κ1) is 12.9. The molecule has 0 bridgehead atoms. The molecule has 0 spiro atoms. The Hall–Kier alpha value is -2.08. The molecule has 0 N–H and O–H groups in total. The van der Waals surface area contributed by atoms with Gasteiger partial charge in [-0.1, -0.05) is 12.1 Å². The van der Waals surface area contributed by atoms with E-state index in [4.69, 9.17) is 4.74 Å². The minimum Gasteiger partial charge on any atom is -0.489 e. The van der Waals surface area contributed by atoms with Crippen LogP contribution in [0.15, 0.2) is 53.7 Å². The van der Waals surface area contributed by atoms with E-state index < -0.39 is 10.0 Å². The van der Waals surface area contributed by atoms with E-state index in [0.29, 0.717) is 18.0 Å². The van der Waals surface area contributed by atoms with Gasteiger partial charge in [-0.3, -0.25) is 9.29 Å². The van der Waals surface area contributed by atoms with Crippen LogP contribution in [-0.2, 0) is 10.0 Å². The number of pyridine rings is 1. The lowest BCUT2D eigenvalue weighted by Gasteiger charge is -2.35. The van der Waals surface area contributed by atoms with Gasteiger partial charge in [0.15, 0.2) is 0 Å². The Bertz CT molecular complexity index is 716. The van der Waals surface area contributed by atoms with E-state index in [1.807, 2.05) is 13.0 Å². The first-order valence-electron chi connectivity index (χ1n) is 6.27. The second kappa shape index (κ2) is 4.79. The summed E-state index contributed by atoms with van der Waals surface area (Å²) in [6, 6.07) is 10.0. The highest BCUT2D eigenvalue weighted by molar-refractivity contribution is 7.92. The third-order valence-corrected chi connectivity index (χ3v) is 5.09. The molecule has 2 aromatic rings. The quantitative estimate of drug-likeness (QED) is 0.849. The molecule has 1 atom stereocenters. The van der Waals surface area contributed by atoms with E-state index in [1.165, 1.54) is 10.5 Å². The highest BCUT2D eigenvalue weighted by Gasteiger charge is 2.34. The second-order valence-electron chi connectivity index (χ2n) is 4.62. The van der Waals surface area contributed by atoms with Crippen molar-refractivity contribution >= 4 is 15.7 Å². The molecule has 1 aromatic carbocycles. The molecule has 5 nitrogen and oxygen atoms in total. The largest absolute Gasteiger partial charge is 0.489 e. The molecule has 0 aliphatic carbocycles. The monoisotopic (exact) mass is 290 g/mol. The van der Waals surface area contributed by atoms with Crippen molar-refractivity contribution in [1.82, 2.24) is 4.98 Å². The highest BCUT2D eigenvalue weighted by atomic mass is 32.2. The van der Waals surface area contributed by atoms with Gasteiger partial charge in [-0.05, 0) is 31.2 Å². The normalized spacial score (nSPS) is 18.2. The highest BCUT2D eigenvalue weighted by Crippen LogP contribution is 2.37. The number of hydrogen-bond acceptors (Lipinski definition) is 4. The minimum absolute atomic E-state index is 0.184. The number of rotatable bonds is 2. The van der Waals surface area contributed by atoms with Gasteiger partial charge in [-0.15, -0.1) is 0 Å². The first-order valence-corrected chi connectivity index (χ1v) is 7.71. The predicted molar refractivity (Wildman–Crippen MR) is 75.3 cm³/mol. The Morgan fingerprint density at radius 3 is 2.80 bits per heavy atom. The molecule has 0 saturated heterocycles. The van der Waals surface area contributed by atoms with E-state index in [2.05, 4.69) is 4.98 Å². The Balaban J connectivity index is 2.14. The summed E-state index contributed by atoms with van der Waals surface area (Å²) in [5.74, 6) is 0.582. The Morgan fingerprint density at radius 1 is 1.25 bits per heavy atom. The van der Waals surface area contributed by atoms with Gasteiger partial charge in [0.25, 0.3) is 10.0 Å².